The summed E-state index contributed by atoms with van der Waals surface area (Å²) in [5, 5.41) is 2.77. The first-order chi connectivity index (χ1) is 16.3. The van der Waals surface area contributed by atoms with E-state index in [0.717, 1.165) is 5.56 Å². The standard InChI is InChI=1S/C20H28F2N5O7P/c1-19(23)15-16(25-17(26-19)34-11-10-32-2)27(18(28)24-15)12-13-4-6-14(7-5-13)33-9-3-8-20(21,22)35(29,30)31/h4-7,15H,3,8-12,23H2,1-2H3,(H,24,28)(H2,29,30,31). The van der Waals surface area contributed by atoms with E-state index in [0.29, 0.717) is 18.2 Å². The number of nitrogens with zero attached hydrogens (tertiary/aromatic N) is 3. The Morgan fingerprint density at radius 2 is 1.91 bits per heavy atom. The van der Waals surface area contributed by atoms with E-state index < -0.39 is 37.4 Å². The van der Waals surface area contributed by atoms with Crippen LogP contribution >= 0.6 is 7.60 Å². The number of benzene rings is 1. The predicted octanol–water partition coefficient (Wildman–Crippen LogP) is 1.62. The van der Waals surface area contributed by atoms with Crippen LogP contribution in [0.4, 0.5) is 13.6 Å². The van der Waals surface area contributed by atoms with Gasteiger partial charge in [-0.15, -0.1) is 0 Å². The first kappa shape index (κ1) is 27.0. The van der Waals surface area contributed by atoms with Gasteiger partial charge in [-0.25, -0.2) is 9.79 Å². The number of alkyl halides is 2. The van der Waals surface area contributed by atoms with Gasteiger partial charge in [0.15, 0.2) is 0 Å². The van der Waals surface area contributed by atoms with Crippen LogP contribution in [-0.4, -0.2) is 76.9 Å². The number of ether oxygens (including phenoxy) is 3. The first-order valence-corrected chi connectivity index (χ1v) is 12.3. The van der Waals surface area contributed by atoms with Crippen molar-refractivity contribution in [2.45, 2.75) is 43.7 Å². The van der Waals surface area contributed by atoms with Crippen molar-refractivity contribution in [3.8, 4) is 5.75 Å². The number of halogens is 2. The molecule has 0 aliphatic carbocycles. The minimum absolute atomic E-state index is 0.0490. The number of aliphatic imine (C=N–C) groups is 2. The van der Waals surface area contributed by atoms with Crippen LogP contribution in [0.15, 0.2) is 34.3 Å². The van der Waals surface area contributed by atoms with Gasteiger partial charge in [-0.1, -0.05) is 12.1 Å². The Balaban J connectivity index is 1.60. The quantitative estimate of drug-likeness (QED) is 0.253. The molecular formula is C20H28F2N5O7P. The van der Waals surface area contributed by atoms with E-state index in [9.17, 15) is 18.1 Å². The second-order valence-electron chi connectivity index (χ2n) is 8.21. The third-order valence-corrected chi connectivity index (χ3v) is 6.35. The second kappa shape index (κ2) is 10.5. The molecule has 2 aliphatic rings. The highest BCUT2D eigenvalue weighted by molar-refractivity contribution is 7.53. The maximum absolute atomic E-state index is 13.3. The fraction of sp³-hybridized carbons (Fsp3) is 0.550. The van der Waals surface area contributed by atoms with Crippen LogP contribution in [0.3, 0.4) is 0 Å². The van der Waals surface area contributed by atoms with E-state index in [1.54, 1.807) is 31.2 Å². The lowest BCUT2D eigenvalue weighted by atomic mass is 10.0. The molecule has 2 amide bonds. The summed E-state index contributed by atoms with van der Waals surface area (Å²) in [6.07, 6.45) is -1.24. The molecule has 2 atom stereocenters. The van der Waals surface area contributed by atoms with Crippen molar-refractivity contribution >= 4 is 25.5 Å². The SMILES string of the molecule is COCCOC1=NC(C)(N)C2NC(=O)N(Cc3ccc(OCCCC(F)(F)P(=O)(O)O)cc3)C2=N1. The topological polar surface area (TPSA) is 168 Å². The summed E-state index contributed by atoms with van der Waals surface area (Å²) in [4.78, 5) is 39.9. The highest BCUT2D eigenvalue weighted by Gasteiger charge is 2.49. The van der Waals surface area contributed by atoms with Crippen molar-refractivity contribution in [3.05, 3.63) is 29.8 Å². The minimum atomic E-state index is -5.50. The van der Waals surface area contributed by atoms with Crippen LogP contribution < -0.4 is 15.8 Å². The number of hydrogen-bond donors (Lipinski definition) is 4. The molecule has 1 saturated heterocycles. The zero-order valence-corrected chi connectivity index (χ0v) is 20.1. The van der Waals surface area contributed by atoms with Crippen LogP contribution in [0, 0.1) is 0 Å². The summed E-state index contributed by atoms with van der Waals surface area (Å²) in [6, 6.07) is 5.58. The van der Waals surface area contributed by atoms with Crippen LogP contribution in [0.2, 0.25) is 0 Å². The number of nitrogens with one attached hydrogen (secondary N) is 1. The lowest BCUT2D eigenvalue weighted by Gasteiger charge is -2.31. The number of hydrogen-bond acceptors (Lipinski definition) is 8. The summed E-state index contributed by atoms with van der Waals surface area (Å²) < 4.78 is 53.2. The summed E-state index contributed by atoms with van der Waals surface area (Å²) >= 11 is 0. The van der Waals surface area contributed by atoms with Gasteiger partial charge in [-0.3, -0.25) is 9.46 Å². The Labute approximate surface area is 200 Å². The molecule has 15 heteroatoms. The first-order valence-electron chi connectivity index (χ1n) is 10.7. The molecule has 12 nitrogen and oxygen atoms in total. The molecule has 2 aliphatic heterocycles. The number of amidine groups is 2. The molecule has 5 N–H and O–H groups in total. The highest BCUT2D eigenvalue weighted by atomic mass is 31.2. The van der Waals surface area contributed by atoms with Gasteiger partial charge >= 0.3 is 25.3 Å². The number of methoxy groups -OCH3 is 1. The van der Waals surface area contributed by atoms with Crippen LogP contribution in [0.25, 0.3) is 0 Å². The average Bonchev–Trinajstić information content (AvgIpc) is 3.08. The molecule has 1 aromatic rings. The van der Waals surface area contributed by atoms with Crippen LogP contribution in [0.1, 0.15) is 25.3 Å². The van der Waals surface area contributed by atoms with E-state index in [1.165, 1.54) is 12.0 Å². The number of nitrogens with two attached hydrogens (primary N) is 1. The zero-order chi connectivity index (χ0) is 25.9. The van der Waals surface area contributed by atoms with Crippen LogP contribution in [0.5, 0.6) is 5.75 Å². The fourth-order valence-corrected chi connectivity index (χ4v) is 3.83. The molecule has 0 saturated carbocycles. The van der Waals surface area contributed by atoms with Gasteiger partial charge in [0.25, 0.3) is 0 Å². The van der Waals surface area contributed by atoms with Crippen LogP contribution in [-0.2, 0) is 20.6 Å². The third kappa shape index (κ3) is 6.53. The molecule has 1 aromatic carbocycles. The van der Waals surface area contributed by atoms with Gasteiger partial charge in [-0.2, -0.15) is 13.8 Å². The lowest BCUT2D eigenvalue weighted by Crippen LogP contribution is -2.57. The summed E-state index contributed by atoms with van der Waals surface area (Å²) in [6.45, 7) is 2.21. The fourth-order valence-electron chi connectivity index (χ4n) is 3.38. The normalized spacial score (nSPS) is 22.3. The number of carbonyl (C=O) groups excluding carboxylic acids is 1. The van der Waals surface area contributed by atoms with Crippen molar-refractivity contribution in [2.75, 3.05) is 26.9 Å². The molecule has 0 radical (unpaired) electrons. The Kier molecular flexibility index (Phi) is 8.12. The van der Waals surface area contributed by atoms with Crippen molar-refractivity contribution < 1.29 is 42.1 Å². The molecule has 0 bridgehead atoms. The Morgan fingerprint density at radius 1 is 1.23 bits per heavy atom. The van der Waals surface area contributed by atoms with Crippen molar-refractivity contribution in [1.82, 2.24) is 10.2 Å². The van der Waals surface area contributed by atoms with Crippen molar-refractivity contribution in [3.63, 3.8) is 0 Å². The van der Waals surface area contributed by atoms with E-state index >= 15 is 0 Å². The average molecular weight is 519 g/mol. The molecular weight excluding hydrogens is 491 g/mol. The van der Waals surface area contributed by atoms with E-state index in [2.05, 4.69) is 15.3 Å². The van der Waals surface area contributed by atoms with Gasteiger partial charge in [-0.05, 0) is 31.0 Å². The molecule has 1 fully saturated rings. The minimum Gasteiger partial charge on any atom is -0.494 e. The molecule has 3 rings (SSSR count). The molecule has 2 heterocycles. The number of rotatable bonds is 11. The number of amides is 2. The Hall–Kier alpha value is -2.64. The zero-order valence-electron chi connectivity index (χ0n) is 19.2. The van der Waals surface area contributed by atoms with E-state index in [4.69, 9.17) is 29.7 Å². The smallest absolute Gasteiger partial charge is 0.394 e. The number of urea groups is 1. The monoisotopic (exact) mass is 519 g/mol. The largest absolute Gasteiger partial charge is 0.494 e. The lowest BCUT2D eigenvalue weighted by molar-refractivity contribution is 0.0445. The van der Waals surface area contributed by atoms with Gasteiger partial charge in [0.2, 0.25) is 0 Å². The van der Waals surface area contributed by atoms with Gasteiger partial charge in [0.05, 0.1) is 19.8 Å². The van der Waals surface area contributed by atoms with Gasteiger partial charge in [0, 0.05) is 13.5 Å². The summed E-state index contributed by atoms with van der Waals surface area (Å²) in [5.41, 5.74) is 1.75. The van der Waals surface area contributed by atoms with E-state index in [1.807, 2.05) is 0 Å². The Morgan fingerprint density at radius 3 is 2.54 bits per heavy atom. The predicted molar refractivity (Wildman–Crippen MR) is 121 cm³/mol. The second-order valence-corrected chi connectivity index (χ2v) is 9.95. The van der Waals surface area contributed by atoms with Crippen molar-refractivity contribution in [1.29, 1.82) is 0 Å². The van der Waals surface area contributed by atoms with E-state index in [-0.39, 0.29) is 32.2 Å². The van der Waals surface area contributed by atoms with Gasteiger partial charge < -0.3 is 35.0 Å². The highest BCUT2D eigenvalue weighted by Crippen LogP contribution is 2.55. The van der Waals surface area contributed by atoms with Crippen molar-refractivity contribution in [2.24, 2.45) is 15.7 Å². The number of fused-ring (bicyclic) bond motifs is 1. The molecule has 0 aromatic heterocycles. The maximum Gasteiger partial charge on any atom is 0.394 e. The molecule has 2 unspecified atom stereocenters. The molecule has 194 valence electrons. The summed E-state index contributed by atoms with van der Waals surface area (Å²) in [5.74, 6) is 0.747. The summed E-state index contributed by atoms with van der Waals surface area (Å²) in [7, 11) is -3.97. The number of carbonyl (C=O) groups is 1. The molecule has 35 heavy (non-hydrogen) atoms. The third-order valence-electron chi connectivity index (χ3n) is 5.28. The molecule has 0 spiro atoms. The van der Waals surface area contributed by atoms with Gasteiger partial charge in [0.1, 0.15) is 29.9 Å². The Bertz CT molecular complexity index is 1030. The maximum atomic E-state index is 13.3.